The van der Waals surface area contributed by atoms with Crippen LogP contribution in [0.1, 0.15) is 53.1 Å². The van der Waals surface area contributed by atoms with E-state index in [-0.39, 0.29) is 0 Å². The largest absolute Gasteiger partial charge is 0.480 e. The Morgan fingerprint density at radius 2 is 0.700 bits per heavy atom. The SMILES string of the molecule is C[C@H](N)C(=O)N[C@@H](CC(=O)NC(c1ccccc1)(c1ccccc1)c1ccccc1)C(=O)N[C@@H](CC(=O)NC(c1ccccc1)(c1ccccc1)c1ccccc1)C(=O)O. The van der Waals surface area contributed by atoms with Crippen LogP contribution < -0.4 is 27.0 Å². The third-order valence-electron chi connectivity index (χ3n) is 10.3. The molecular formula is C49H47N5O6. The van der Waals surface area contributed by atoms with Crippen molar-refractivity contribution in [1.82, 2.24) is 21.3 Å². The van der Waals surface area contributed by atoms with E-state index >= 15 is 0 Å². The lowest BCUT2D eigenvalue weighted by atomic mass is 9.77. The first-order valence-electron chi connectivity index (χ1n) is 19.6. The number of aliphatic carboxylic acids is 1. The Morgan fingerprint density at radius 3 is 0.950 bits per heavy atom. The van der Waals surface area contributed by atoms with E-state index in [1.807, 2.05) is 182 Å². The summed E-state index contributed by atoms with van der Waals surface area (Å²) in [7, 11) is 0. The fourth-order valence-corrected chi connectivity index (χ4v) is 7.44. The molecule has 3 atom stereocenters. The summed E-state index contributed by atoms with van der Waals surface area (Å²) in [4.78, 5) is 68.5. The Bertz CT molecular complexity index is 2170. The smallest absolute Gasteiger partial charge is 0.326 e. The molecule has 0 aliphatic rings. The van der Waals surface area contributed by atoms with Crippen molar-refractivity contribution in [2.75, 3.05) is 0 Å². The highest BCUT2D eigenvalue weighted by Crippen LogP contribution is 2.38. The van der Waals surface area contributed by atoms with Crippen molar-refractivity contribution >= 4 is 29.6 Å². The highest BCUT2D eigenvalue weighted by molar-refractivity contribution is 5.96. The zero-order valence-corrected chi connectivity index (χ0v) is 33.0. The summed E-state index contributed by atoms with van der Waals surface area (Å²) in [6.07, 6.45) is -1.29. The van der Waals surface area contributed by atoms with Gasteiger partial charge in [0.2, 0.25) is 23.6 Å². The minimum Gasteiger partial charge on any atom is -0.480 e. The maximum atomic E-state index is 14.3. The van der Waals surface area contributed by atoms with Crippen molar-refractivity contribution in [3.05, 3.63) is 215 Å². The standard InChI is InChI=1S/C49H47N5O6/c1-34(50)45(57)51-41(32-43(55)53-48(35-20-8-2-9-21-35,36-22-10-3-11-23-36)37-24-12-4-13-25-37)46(58)52-42(47(59)60)33-44(56)54-49(38-26-14-5-15-27-38,39-28-16-6-17-29-39)40-30-18-7-19-31-40/h2-31,34,41-42H,32-33,50H2,1H3,(H,51,57)(H,52,58)(H,53,55)(H,54,56)(H,59,60)/t34-,41-,42-/m0/s1. The third-order valence-corrected chi connectivity index (χ3v) is 10.3. The summed E-state index contributed by atoms with van der Waals surface area (Å²) in [6, 6.07) is 51.5. The first kappa shape index (κ1) is 42.2. The maximum Gasteiger partial charge on any atom is 0.326 e. The molecule has 0 saturated heterocycles. The van der Waals surface area contributed by atoms with Gasteiger partial charge in [-0.1, -0.05) is 182 Å². The van der Waals surface area contributed by atoms with Crippen LogP contribution in [0.2, 0.25) is 0 Å². The van der Waals surface area contributed by atoms with Gasteiger partial charge in [0.05, 0.1) is 18.9 Å². The highest BCUT2D eigenvalue weighted by atomic mass is 16.4. The minimum atomic E-state index is -1.76. The molecule has 7 N–H and O–H groups in total. The summed E-state index contributed by atoms with van der Waals surface area (Å²) in [6.45, 7) is 1.42. The van der Waals surface area contributed by atoms with Gasteiger partial charge in [0.25, 0.3) is 0 Å². The summed E-state index contributed by atoms with van der Waals surface area (Å²) in [5, 5.41) is 21.6. The van der Waals surface area contributed by atoms with Crippen LogP contribution in [0.5, 0.6) is 0 Å². The van der Waals surface area contributed by atoms with E-state index in [0.717, 1.165) is 16.7 Å². The Morgan fingerprint density at radius 1 is 0.450 bits per heavy atom. The Labute approximate surface area is 349 Å². The minimum absolute atomic E-state index is 0.601. The molecule has 11 nitrogen and oxygen atoms in total. The van der Waals surface area contributed by atoms with Crippen molar-refractivity contribution in [2.45, 2.75) is 49.0 Å². The van der Waals surface area contributed by atoms with Crippen molar-refractivity contribution in [3.8, 4) is 0 Å². The highest BCUT2D eigenvalue weighted by Gasteiger charge is 2.41. The van der Waals surface area contributed by atoms with E-state index in [1.54, 1.807) is 0 Å². The van der Waals surface area contributed by atoms with E-state index in [2.05, 4.69) is 21.3 Å². The van der Waals surface area contributed by atoms with E-state index in [1.165, 1.54) is 6.92 Å². The average Bonchev–Trinajstić information content (AvgIpc) is 3.28. The number of hydrogen-bond donors (Lipinski definition) is 6. The molecule has 0 heterocycles. The number of amides is 4. The molecule has 0 fully saturated rings. The van der Waals surface area contributed by atoms with E-state index in [4.69, 9.17) is 5.73 Å². The number of rotatable bonds is 17. The van der Waals surface area contributed by atoms with Crippen LogP contribution in [0.15, 0.2) is 182 Å². The van der Waals surface area contributed by atoms with Crippen molar-refractivity contribution in [1.29, 1.82) is 0 Å². The van der Waals surface area contributed by atoms with Crippen LogP contribution in [-0.2, 0) is 35.1 Å². The lowest BCUT2D eigenvalue weighted by molar-refractivity contribution is -0.144. The maximum absolute atomic E-state index is 14.3. The second-order valence-electron chi connectivity index (χ2n) is 14.5. The van der Waals surface area contributed by atoms with Gasteiger partial charge >= 0.3 is 5.97 Å². The Hall–Kier alpha value is -7.37. The van der Waals surface area contributed by atoms with Gasteiger partial charge in [-0.3, -0.25) is 19.2 Å². The number of benzene rings is 6. The molecule has 304 valence electrons. The predicted molar refractivity (Wildman–Crippen MR) is 229 cm³/mol. The molecule has 0 aliphatic carbocycles. The van der Waals surface area contributed by atoms with Gasteiger partial charge in [0.15, 0.2) is 0 Å². The second kappa shape index (κ2) is 19.4. The number of carbonyl (C=O) groups excluding carboxylic acids is 4. The zero-order valence-electron chi connectivity index (χ0n) is 33.0. The quantitative estimate of drug-likeness (QED) is 0.0670. The van der Waals surface area contributed by atoms with Gasteiger partial charge in [-0.2, -0.15) is 0 Å². The number of carboxylic acid groups (broad SMARTS) is 1. The van der Waals surface area contributed by atoms with Crippen LogP contribution >= 0.6 is 0 Å². The van der Waals surface area contributed by atoms with E-state index in [0.29, 0.717) is 16.7 Å². The van der Waals surface area contributed by atoms with Crippen LogP contribution in [-0.4, -0.2) is 52.8 Å². The molecule has 6 rings (SSSR count). The third kappa shape index (κ3) is 9.49. The van der Waals surface area contributed by atoms with Gasteiger partial charge in [-0.05, 0) is 40.3 Å². The van der Waals surface area contributed by atoms with E-state index in [9.17, 15) is 29.1 Å². The zero-order chi connectivity index (χ0) is 42.5. The van der Waals surface area contributed by atoms with E-state index < -0.39 is 71.6 Å². The lowest BCUT2D eigenvalue weighted by Crippen LogP contribution is -2.57. The molecule has 0 saturated carbocycles. The van der Waals surface area contributed by atoms with Gasteiger partial charge in [0.1, 0.15) is 23.2 Å². The molecule has 0 aromatic heterocycles. The molecular weight excluding hydrogens is 755 g/mol. The van der Waals surface area contributed by atoms with Gasteiger partial charge < -0.3 is 32.1 Å². The fourth-order valence-electron chi connectivity index (χ4n) is 7.44. The van der Waals surface area contributed by atoms with Crippen LogP contribution in [0.25, 0.3) is 0 Å². The molecule has 4 amide bonds. The van der Waals surface area contributed by atoms with Crippen molar-refractivity contribution < 1.29 is 29.1 Å². The molecule has 11 heteroatoms. The van der Waals surface area contributed by atoms with Gasteiger partial charge in [-0.25, -0.2) is 4.79 Å². The molecule has 6 aromatic rings. The summed E-state index contributed by atoms with van der Waals surface area (Å²) >= 11 is 0. The molecule has 0 unspecified atom stereocenters. The monoisotopic (exact) mass is 801 g/mol. The second-order valence-corrected chi connectivity index (χ2v) is 14.5. The summed E-state index contributed by atoms with van der Waals surface area (Å²) < 4.78 is 0. The number of hydrogen-bond acceptors (Lipinski definition) is 6. The molecule has 6 aromatic carbocycles. The van der Waals surface area contributed by atoms with Gasteiger partial charge in [0, 0.05) is 0 Å². The molecule has 60 heavy (non-hydrogen) atoms. The summed E-state index contributed by atoms with van der Waals surface area (Å²) in [5.41, 5.74) is 7.72. The predicted octanol–water partition coefficient (Wildman–Crippen LogP) is 5.38. The first-order valence-corrected chi connectivity index (χ1v) is 19.6. The number of carbonyl (C=O) groups is 5. The van der Waals surface area contributed by atoms with Crippen molar-refractivity contribution in [3.63, 3.8) is 0 Å². The topological polar surface area (TPSA) is 180 Å². The number of carboxylic acids is 1. The van der Waals surface area contributed by atoms with Crippen molar-refractivity contribution in [2.24, 2.45) is 5.73 Å². The van der Waals surface area contributed by atoms with Crippen LogP contribution in [0.3, 0.4) is 0 Å². The lowest BCUT2D eigenvalue weighted by Gasteiger charge is -2.37. The number of nitrogens with one attached hydrogen (secondary N) is 4. The van der Waals surface area contributed by atoms with Crippen LogP contribution in [0, 0.1) is 0 Å². The molecule has 0 spiro atoms. The first-order chi connectivity index (χ1) is 29.0. The molecule has 0 aliphatic heterocycles. The Balaban J connectivity index is 1.30. The van der Waals surface area contributed by atoms with Gasteiger partial charge in [-0.15, -0.1) is 0 Å². The fraction of sp³-hybridized carbons (Fsp3) is 0.163. The normalized spacial score (nSPS) is 12.8. The average molecular weight is 802 g/mol. The Kier molecular flexibility index (Phi) is 13.6. The van der Waals surface area contributed by atoms with Crippen LogP contribution in [0.4, 0.5) is 0 Å². The molecule has 0 radical (unpaired) electrons. The molecule has 0 bridgehead atoms. The summed E-state index contributed by atoms with van der Waals surface area (Å²) in [5.74, 6) is -4.57. The number of nitrogens with two attached hydrogens (primary N) is 1.